The van der Waals surface area contributed by atoms with Crippen molar-refractivity contribution in [2.75, 3.05) is 51.3 Å². The lowest BCUT2D eigenvalue weighted by molar-refractivity contribution is -0.120. The lowest BCUT2D eigenvalue weighted by atomic mass is 9.94. The normalized spacial score (nSPS) is 19.8. The first-order valence-electron chi connectivity index (χ1n) is 19.0. The van der Waals surface area contributed by atoms with Crippen LogP contribution in [0, 0.1) is 11.7 Å². The monoisotopic (exact) mass is 756 g/mol. The molecule has 0 saturated carbocycles. The molecule has 0 spiro atoms. The molecular formula is C41H46F2N6O6. The van der Waals surface area contributed by atoms with Gasteiger partial charge in [-0.2, -0.15) is 0 Å². The fourth-order valence-electron chi connectivity index (χ4n) is 7.83. The number of halogens is 2. The number of anilines is 1. The van der Waals surface area contributed by atoms with Crippen molar-refractivity contribution in [2.45, 2.75) is 64.3 Å². The van der Waals surface area contributed by atoms with Crippen LogP contribution in [0.1, 0.15) is 55.8 Å². The van der Waals surface area contributed by atoms with Gasteiger partial charge in [0.2, 0.25) is 5.91 Å². The molecule has 0 unspecified atom stereocenters. The molecule has 2 atom stereocenters. The van der Waals surface area contributed by atoms with Crippen LogP contribution in [0.15, 0.2) is 65.8 Å². The number of rotatable bonds is 11. The third kappa shape index (κ3) is 8.19. The molecule has 2 aromatic heterocycles. The van der Waals surface area contributed by atoms with Crippen molar-refractivity contribution in [2.24, 2.45) is 5.92 Å². The average Bonchev–Trinajstić information content (AvgIpc) is 3.19. The first kappa shape index (κ1) is 37.9. The highest BCUT2D eigenvalue weighted by Gasteiger charge is 2.34. The number of urea groups is 1. The predicted octanol–water partition coefficient (Wildman–Crippen LogP) is 5.80. The summed E-state index contributed by atoms with van der Waals surface area (Å²) in [4.78, 5) is 60.1. The molecule has 0 bridgehead atoms. The number of carbonyl (C=O) groups is 3. The lowest BCUT2D eigenvalue weighted by Crippen LogP contribution is -2.50. The summed E-state index contributed by atoms with van der Waals surface area (Å²) < 4.78 is 44.1. The molecule has 1 N–H and O–H groups in total. The topological polar surface area (TPSA) is 126 Å². The van der Waals surface area contributed by atoms with E-state index in [-0.39, 0.29) is 48.6 Å². The van der Waals surface area contributed by atoms with E-state index >= 15 is 8.78 Å². The highest BCUT2D eigenvalue weighted by molar-refractivity contribution is 6.07. The number of aryl methyl sites for hydroxylation is 1. The van der Waals surface area contributed by atoms with Gasteiger partial charge in [0.1, 0.15) is 18.0 Å². The van der Waals surface area contributed by atoms with Crippen LogP contribution >= 0.6 is 0 Å². The van der Waals surface area contributed by atoms with Gasteiger partial charge >= 0.3 is 6.03 Å². The average molecular weight is 757 g/mol. The third-order valence-electron chi connectivity index (χ3n) is 10.9. The summed E-state index contributed by atoms with van der Waals surface area (Å²) in [5.74, 6) is -0.399. The van der Waals surface area contributed by atoms with E-state index in [1.165, 1.54) is 24.1 Å². The molecule has 3 aliphatic rings. The Morgan fingerprint density at radius 2 is 1.78 bits per heavy atom. The zero-order valence-corrected chi connectivity index (χ0v) is 31.1. The molecule has 5 heterocycles. The number of benzene rings is 2. The van der Waals surface area contributed by atoms with Crippen molar-refractivity contribution >= 4 is 34.3 Å². The number of pyridine rings is 2. The molecule has 0 radical (unpaired) electrons. The number of alkyl halides is 1. The number of piperidine rings is 2. The van der Waals surface area contributed by atoms with E-state index in [2.05, 4.69) is 22.1 Å². The molecule has 12 nitrogen and oxygen atoms in total. The van der Waals surface area contributed by atoms with Crippen LogP contribution in [0.5, 0.6) is 11.5 Å². The standard InChI is InChI=1S/C41H46F2N6O6/c1-3-4-15-48-24-31(29-9-14-44-22-30(29)40(48)52)27-5-7-35(32(42)20-27)55-36-12-16-46(25-33(36)43)23-26-10-17-47(18-11-26)39(51)28-6-8-37(54-2)34(21-28)49-19-13-38(50)45-41(49)53/h5-9,14,20-22,24,26,33,36H,3-4,10-13,15-19,23,25H2,1-2H3,(H,45,50,53)/t33-,36-/m1/s1. The second-order valence-corrected chi connectivity index (χ2v) is 14.6. The number of hydrogen-bond acceptors (Lipinski definition) is 8. The molecular weight excluding hydrogens is 710 g/mol. The number of imide groups is 1. The number of ether oxygens (including phenoxy) is 2. The number of nitrogens with zero attached hydrogens (tertiary/aromatic N) is 5. The van der Waals surface area contributed by atoms with Gasteiger partial charge in [-0.25, -0.2) is 13.6 Å². The number of nitrogens with one attached hydrogen (secondary N) is 1. The number of aromatic nitrogens is 2. The molecule has 2 aromatic carbocycles. The maximum atomic E-state index is 15.6. The number of fused-ring (bicyclic) bond motifs is 1. The Bertz CT molecular complexity index is 2140. The molecule has 55 heavy (non-hydrogen) atoms. The van der Waals surface area contributed by atoms with E-state index in [4.69, 9.17) is 9.47 Å². The fraction of sp³-hybridized carbons (Fsp3) is 0.439. The first-order valence-corrected chi connectivity index (χ1v) is 19.0. The van der Waals surface area contributed by atoms with Gasteiger partial charge in [-0.15, -0.1) is 0 Å². The van der Waals surface area contributed by atoms with Gasteiger partial charge in [-0.3, -0.25) is 34.5 Å². The minimum atomic E-state index is -1.31. The van der Waals surface area contributed by atoms with Gasteiger partial charge in [0.25, 0.3) is 11.5 Å². The third-order valence-corrected chi connectivity index (χ3v) is 10.9. The predicted molar refractivity (Wildman–Crippen MR) is 204 cm³/mol. The van der Waals surface area contributed by atoms with E-state index in [9.17, 15) is 19.2 Å². The number of methoxy groups -OCH3 is 1. The Labute approximate surface area is 318 Å². The molecule has 14 heteroatoms. The van der Waals surface area contributed by atoms with Gasteiger partial charge in [0.15, 0.2) is 11.6 Å². The zero-order valence-electron chi connectivity index (χ0n) is 31.1. The SMILES string of the molecule is CCCCn1cc(-c2ccc(O[C@@H]3CCN(CC4CCN(C(=O)c5ccc(OC)c(N6CCC(=O)NC6=O)c5)CC4)C[C@H]3F)c(F)c2)c2ccncc2c1=O. The summed E-state index contributed by atoms with van der Waals surface area (Å²) >= 11 is 0. The minimum Gasteiger partial charge on any atom is -0.495 e. The Morgan fingerprint density at radius 3 is 2.51 bits per heavy atom. The van der Waals surface area contributed by atoms with Gasteiger partial charge in [0.05, 0.1) is 18.2 Å². The summed E-state index contributed by atoms with van der Waals surface area (Å²) in [5, 5.41) is 3.46. The Kier molecular flexibility index (Phi) is 11.4. The second-order valence-electron chi connectivity index (χ2n) is 14.6. The van der Waals surface area contributed by atoms with Gasteiger partial charge < -0.3 is 18.9 Å². The second kappa shape index (κ2) is 16.6. The van der Waals surface area contributed by atoms with Crippen molar-refractivity contribution in [3.8, 4) is 22.6 Å². The van der Waals surface area contributed by atoms with E-state index in [1.54, 1.807) is 58.4 Å². The van der Waals surface area contributed by atoms with Gasteiger partial charge in [-0.1, -0.05) is 19.4 Å². The maximum absolute atomic E-state index is 15.6. The smallest absolute Gasteiger partial charge is 0.328 e. The lowest BCUT2D eigenvalue weighted by Gasteiger charge is -2.39. The van der Waals surface area contributed by atoms with Crippen molar-refractivity contribution in [3.63, 3.8) is 0 Å². The molecule has 3 aliphatic heterocycles. The molecule has 4 amide bonds. The van der Waals surface area contributed by atoms with Crippen LogP contribution < -0.4 is 25.2 Å². The molecule has 3 fully saturated rings. The summed E-state index contributed by atoms with van der Waals surface area (Å²) in [6.07, 6.45) is 6.66. The van der Waals surface area contributed by atoms with Crippen LogP contribution in [0.3, 0.4) is 0 Å². The van der Waals surface area contributed by atoms with E-state index < -0.39 is 24.1 Å². The highest BCUT2D eigenvalue weighted by Crippen LogP contribution is 2.34. The van der Waals surface area contributed by atoms with Gasteiger partial charge in [-0.05, 0) is 78.9 Å². The number of likely N-dealkylation sites (tertiary alicyclic amines) is 2. The summed E-state index contributed by atoms with van der Waals surface area (Å²) in [6.45, 7) is 5.35. The van der Waals surface area contributed by atoms with Crippen molar-refractivity contribution < 1.29 is 32.6 Å². The van der Waals surface area contributed by atoms with Crippen LogP contribution in [0.2, 0.25) is 0 Å². The highest BCUT2D eigenvalue weighted by atomic mass is 19.1. The molecule has 7 rings (SSSR count). The minimum absolute atomic E-state index is 0.00885. The van der Waals surface area contributed by atoms with E-state index in [1.807, 2.05) is 0 Å². The summed E-state index contributed by atoms with van der Waals surface area (Å²) in [5.41, 5.74) is 2.02. The molecule has 4 aromatic rings. The molecule has 3 saturated heterocycles. The maximum Gasteiger partial charge on any atom is 0.328 e. The summed E-state index contributed by atoms with van der Waals surface area (Å²) in [7, 11) is 1.48. The van der Waals surface area contributed by atoms with Gasteiger partial charge in [0, 0.05) is 82.0 Å². The van der Waals surface area contributed by atoms with Crippen molar-refractivity contribution in [1.29, 1.82) is 0 Å². The molecule has 0 aliphatic carbocycles. The first-order chi connectivity index (χ1) is 26.6. The van der Waals surface area contributed by atoms with Crippen LogP contribution in [-0.2, 0) is 11.3 Å². The summed E-state index contributed by atoms with van der Waals surface area (Å²) in [6, 6.07) is 10.8. The fourth-order valence-corrected chi connectivity index (χ4v) is 7.83. The zero-order chi connectivity index (χ0) is 38.6. The Hall–Kier alpha value is -5.37. The van der Waals surface area contributed by atoms with Crippen LogP contribution in [0.25, 0.3) is 21.9 Å². The number of amides is 4. The van der Waals surface area contributed by atoms with Crippen LogP contribution in [0.4, 0.5) is 19.3 Å². The van der Waals surface area contributed by atoms with E-state index in [0.29, 0.717) is 78.0 Å². The van der Waals surface area contributed by atoms with Crippen molar-refractivity contribution in [1.82, 2.24) is 24.7 Å². The van der Waals surface area contributed by atoms with Crippen molar-refractivity contribution in [3.05, 3.63) is 82.8 Å². The molecule has 290 valence electrons. The Morgan fingerprint density at radius 1 is 0.982 bits per heavy atom. The quantitative estimate of drug-likeness (QED) is 0.204. The number of unbranched alkanes of at least 4 members (excludes halogenated alkanes) is 1. The van der Waals surface area contributed by atoms with Crippen LogP contribution in [-0.4, -0.2) is 95.9 Å². The largest absolute Gasteiger partial charge is 0.495 e. The number of carbonyl (C=O) groups excluding carboxylic acids is 3. The number of hydrogen-bond donors (Lipinski definition) is 1. The van der Waals surface area contributed by atoms with E-state index in [0.717, 1.165) is 25.7 Å². The Balaban J connectivity index is 0.928.